The zero-order valence-corrected chi connectivity index (χ0v) is 9.98. The van der Waals surface area contributed by atoms with Gasteiger partial charge in [0.15, 0.2) is 0 Å². The fourth-order valence-corrected chi connectivity index (χ4v) is 1.51. The molecule has 0 saturated heterocycles. The number of aromatic hydroxyl groups is 1. The van der Waals surface area contributed by atoms with E-state index < -0.39 is 23.4 Å². The highest BCUT2D eigenvalue weighted by Gasteiger charge is 2.31. The molecule has 0 spiro atoms. The number of phenolic OH excluding ortho intramolecular Hbond substituents is 1. The monoisotopic (exact) mass is 282 g/mol. The summed E-state index contributed by atoms with van der Waals surface area (Å²) in [6, 6.07) is 5.22. The Labute approximate surface area is 111 Å². The smallest absolute Gasteiger partial charge is 0.416 e. The summed E-state index contributed by atoms with van der Waals surface area (Å²) < 4.78 is 37.3. The van der Waals surface area contributed by atoms with Gasteiger partial charge in [-0.3, -0.25) is 9.78 Å². The van der Waals surface area contributed by atoms with Crippen LogP contribution in [0.3, 0.4) is 0 Å². The van der Waals surface area contributed by atoms with E-state index in [9.17, 15) is 23.1 Å². The van der Waals surface area contributed by atoms with Crippen LogP contribution in [-0.2, 0) is 6.18 Å². The topological polar surface area (TPSA) is 62.2 Å². The van der Waals surface area contributed by atoms with Crippen molar-refractivity contribution in [3.8, 4) is 5.75 Å². The Morgan fingerprint density at radius 1 is 1.15 bits per heavy atom. The lowest BCUT2D eigenvalue weighted by molar-refractivity contribution is -0.137. The van der Waals surface area contributed by atoms with Crippen LogP contribution in [0.25, 0.3) is 0 Å². The lowest BCUT2D eigenvalue weighted by atomic mass is 10.1. The highest BCUT2D eigenvalue weighted by molar-refractivity contribution is 6.04. The first kappa shape index (κ1) is 13.9. The summed E-state index contributed by atoms with van der Waals surface area (Å²) in [6.45, 7) is 0. The van der Waals surface area contributed by atoms with Crippen molar-refractivity contribution in [3.63, 3.8) is 0 Å². The maximum atomic E-state index is 12.4. The van der Waals surface area contributed by atoms with E-state index in [1.54, 1.807) is 0 Å². The zero-order valence-electron chi connectivity index (χ0n) is 9.98. The van der Waals surface area contributed by atoms with Crippen molar-refractivity contribution >= 4 is 11.6 Å². The minimum absolute atomic E-state index is 0.0974. The number of alkyl halides is 3. The molecular weight excluding hydrogens is 273 g/mol. The van der Waals surface area contributed by atoms with Gasteiger partial charge in [-0.2, -0.15) is 13.2 Å². The number of carbonyl (C=O) groups is 1. The van der Waals surface area contributed by atoms with E-state index in [-0.39, 0.29) is 11.3 Å². The van der Waals surface area contributed by atoms with Crippen LogP contribution in [0.1, 0.15) is 15.9 Å². The van der Waals surface area contributed by atoms with Gasteiger partial charge in [0, 0.05) is 18.0 Å². The largest absolute Gasteiger partial charge is 0.506 e. The quantitative estimate of drug-likeness (QED) is 0.832. The molecule has 7 heteroatoms. The Hall–Kier alpha value is -2.57. The van der Waals surface area contributed by atoms with Crippen molar-refractivity contribution in [2.45, 2.75) is 6.18 Å². The number of anilines is 1. The molecule has 20 heavy (non-hydrogen) atoms. The van der Waals surface area contributed by atoms with E-state index in [0.717, 1.165) is 12.1 Å². The third kappa shape index (κ3) is 3.05. The Morgan fingerprint density at radius 2 is 1.80 bits per heavy atom. The van der Waals surface area contributed by atoms with Gasteiger partial charge in [0.05, 0.1) is 11.3 Å². The van der Waals surface area contributed by atoms with E-state index in [1.807, 2.05) is 0 Å². The Bertz CT molecular complexity index is 627. The Kier molecular flexibility index (Phi) is 3.60. The van der Waals surface area contributed by atoms with Gasteiger partial charge in [-0.15, -0.1) is 0 Å². The van der Waals surface area contributed by atoms with Crippen LogP contribution < -0.4 is 5.32 Å². The van der Waals surface area contributed by atoms with Crippen LogP contribution in [0.4, 0.5) is 18.9 Å². The first-order chi connectivity index (χ1) is 9.38. The number of nitrogens with zero attached hydrogens (tertiary/aromatic N) is 1. The van der Waals surface area contributed by atoms with Gasteiger partial charge >= 0.3 is 6.18 Å². The van der Waals surface area contributed by atoms with Crippen LogP contribution in [0.15, 0.2) is 42.7 Å². The number of halogens is 3. The van der Waals surface area contributed by atoms with Crippen molar-refractivity contribution < 1.29 is 23.1 Å². The number of hydrogen-bond donors (Lipinski definition) is 2. The van der Waals surface area contributed by atoms with Crippen LogP contribution in [0.5, 0.6) is 5.75 Å². The highest BCUT2D eigenvalue weighted by Crippen LogP contribution is 2.34. The number of phenols is 1. The number of rotatable bonds is 2. The number of nitrogens with one attached hydrogen (secondary N) is 1. The van der Waals surface area contributed by atoms with Crippen molar-refractivity contribution in [1.29, 1.82) is 0 Å². The Balaban J connectivity index is 2.21. The molecule has 0 aliphatic carbocycles. The lowest BCUT2D eigenvalue weighted by Crippen LogP contribution is -2.12. The van der Waals surface area contributed by atoms with Crippen LogP contribution in [-0.4, -0.2) is 16.0 Å². The number of carbonyl (C=O) groups excluding carboxylic acids is 1. The predicted molar refractivity (Wildman–Crippen MR) is 65.3 cm³/mol. The molecule has 1 amide bonds. The van der Waals surface area contributed by atoms with Gasteiger partial charge in [0.25, 0.3) is 5.91 Å². The van der Waals surface area contributed by atoms with Crippen LogP contribution in [0.2, 0.25) is 0 Å². The van der Waals surface area contributed by atoms with Gasteiger partial charge in [0.1, 0.15) is 5.75 Å². The van der Waals surface area contributed by atoms with Crippen molar-refractivity contribution in [2.24, 2.45) is 0 Å². The molecule has 1 aromatic heterocycles. The fourth-order valence-electron chi connectivity index (χ4n) is 1.51. The lowest BCUT2D eigenvalue weighted by Gasteiger charge is -2.11. The fraction of sp³-hybridized carbons (Fsp3) is 0.0769. The molecule has 1 heterocycles. The van der Waals surface area contributed by atoms with E-state index in [0.29, 0.717) is 6.07 Å². The molecule has 0 bridgehead atoms. The summed E-state index contributed by atoms with van der Waals surface area (Å²) in [5.74, 6) is -1.20. The second kappa shape index (κ2) is 5.20. The zero-order chi connectivity index (χ0) is 14.8. The third-order valence-electron chi connectivity index (χ3n) is 2.52. The summed E-state index contributed by atoms with van der Waals surface area (Å²) in [5, 5.41) is 11.8. The number of pyridine rings is 1. The first-order valence-electron chi connectivity index (χ1n) is 5.49. The normalized spacial score (nSPS) is 11.2. The molecule has 2 rings (SSSR count). The van der Waals surface area contributed by atoms with E-state index in [2.05, 4.69) is 10.3 Å². The average Bonchev–Trinajstić information content (AvgIpc) is 2.41. The van der Waals surface area contributed by atoms with Gasteiger partial charge in [-0.05, 0) is 30.3 Å². The van der Waals surface area contributed by atoms with Crippen molar-refractivity contribution in [1.82, 2.24) is 4.98 Å². The van der Waals surface area contributed by atoms with Crippen molar-refractivity contribution in [3.05, 3.63) is 53.9 Å². The SMILES string of the molecule is O=C(Nc1ccc(C(F)(F)F)cc1O)c1ccncc1. The minimum Gasteiger partial charge on any atom is -0.506 e. The molecule has 4 nitrogen and oxygen atoms in total. The van der Waals surface area contributed by atoms with E-state index in [1.165, 1.54) is 24.5 Å². The molecule has 104 valence electrons. The van der Waals surface area contributed by atoms with E-state index >= 15 is 0 Å². The summed E-state index contributed by atoms with van der Waals surface area (Å²) in [6.07, 6.45) is -1.74. The van der Waals surface area contributed by atoms with E-state index in [4.69, 9.17) is 0 Å². The summed E-state index contributed by atoms with van der Waals surface area (Å²) in [7, 11) is 0. The van der Waals surface area contributed by atoms with Gasteiger partial charge in [-0.1, -0.05) is 0 Å². The second-order valence-electron chi connectivity index (χ2n) is 3.92. The van der Waals surface area contributed by atoms with Gasteiger partial charge < -0.3 is 10.4 Å². The molecule has 0 saturated carbocycles. The number of aromatic nitrogens is 1. The van der Waals surface area contributed by atoms with Crippen molar-refractivity contribution in [2.75, 3.05) is 5.32 Å². The summed E-state index contributed by atoms with van der Waals surface area (Å²) >= 11 is 0. The molecular formula is C13H9F3N2O2. The summed E-state index contributed by atoms with van der Waals surface area (Å²) in [4.78, 5) is 15.5. The standard InChI is InChI=1S/C13H9F3N2O2/c14-13(15,16)9-1-2-10(11(19)7-9)18-12(20)8-3-5-17-6-4-8/h1-7,19H,(H,18,20). The molecule has 0 unspecified atom stereocenters. The van der Waals surface area contributed by atoms with Gasteiger partial charge in [0.2, 0.25) is 0 Å². The van der Waals surface area contributed by atoms with Crippen LogP contribution >= 0.6 is 0 Å². The van der Waals surface area contributed by atoms with Gasteiger partial charge in [-0.25, -0.2) is 0 Å². The molecule has 2 aromatic rings. The molecule has 2 N–H and O–H groups in total. The molecule has 0 aliphatic rings. The number of hydrogen-bond acceptors (Lipinski definition) is 3. The second-order valence-corrected chi connectivity index (χ2v) is 3.92. The maximum absolute atomic E-state index is 12.4. The maximum Gasteiger partial charge on any atom is 0.416 e. The Morgan fingerprint density at radius 3 is 2.35 bits per heavy atom. The predicted octanol–water partition coefficient (Wildman–Crippen LogP) is 3.06. The number of amides is 1. The third-order valence-corrected chi connectivity index (χ3v) is 2.52. The first-order valence-corrected chi connectivity index (χ1v) is 5.49. The average molecular weight is 282 g/mol. The number of benzene rings is 1. The molecule has 0 radical (unpaired) electrons. The molecule has 1 aromatic carbocycles. The molecule has 0 aliphatic heterocycles. The summed E-state index contributed by atoms with van der Waals surface area (Å²) in [5.41, 5.74) is -0.809. The minimum atomic E-state index is -4.55. The highest BCUT2D eigenvalue weighted by atomic mass is 19.4. The molecule has 0 atom stereocenters. The van der Waals surface area contributed by atoms with Crippen LogP contribution in [0, 0.1) is 0 Å². The molecule has 0 fully saturated rings.